The van der Waals surface area contributed by atoms with Crippen LogP contribution in [0.4, 0.5) is 0 Å². The van der Waals surface area contributed by atoms with Crippen molar-refractivity contribution >= 4 is 0 Å². The van der Waals surface area contributed by atoms with Crippen molar-refractivity contribution in [1.82, 2.24) is 4.90 Å². The molecule has 0 bridgehead atoms. The highest BCUT2D eigenvalue weighted by atomic mass is 16.3. The molecule has 0 aromatic carbocycles. The second-order valence-electron chi connectivity index (χ2n) is 4.25. The van der Waals surface area contributed by atoms with Gasteiger partial charge in [-0.25, -0.2) is 0 Å². The minimum Gasteiger partial charge on any atom is -0.393 e. The number of hydrogen-bond donors (Lipinski definition) is 2. The first-order chi connectivity index (χ1) is 6.59. The molecule has 0 amide bonds. The summed E-state index contributed by atoms with van der Waals surface area (Å²) in [6, 6.07) is 2.17. The maximum Gasteiger partial charge on any atom is 0.100 e. The Kier molecular flexibility index (Phi) is 3.87. The van der Waals surface area contributed by atoms with Crippen LogP contribution in [0.1, 0.15) is 19.8 Å². The molecule has 1 heterocycles. The summed E-state index contributed by atoms with van der Waals surface area (Å²) in [6.07, 6.45) is 1.54. The highest BCUT2D eigenvalue weighted by Gasteiger charge is 2.32. The van der Waals surface area contributed by atoms with Gasteiger partial charge in [-0.3, -0.25) is 4.90 Å². The van der Waals surface area contributed by atoms with Gasteiger partial charge in [-0.15, -0.1) is 0 Å². The van der Waals surface area contributed by atoms with Gasteiger partial charge in [0.05, 0.1) is 18.6 Å². The Balaban J connectivity index is 2.45. The third-order valence-electron chi connectivity index (χ3n) is 2.68. The van der Waals surface area contributed by atoms with Crippen LogP contribution in [0, 0.1) is 17.2 Å². The lowest BCUT2D eigenvalue weighted by Gasteiger charge is -2.38. The molecule has 80 valence electrons. The number of hydrogen-bond acceptors (Lipinski definition) is 4. The highest BCUT2D eigenvalue weighted by molar-refractivity contribution is 4.89. The zero-order chi connectivity index (χ0) is 10.6. The minimum absolute atomic E-state index is 0.0176. The second-order valence-corrected chi connectivity index (χ2v) is 4.25. The fraction of sp³-hybridized carbons (Fsp3) is 0.900. The van der Waals surface area contributed by atoms with Crippen LogP contribution in [-0.2, 0) is 0 Å². The second kappa shape index (κ2) is 4.74. The zero-order valence-electron chi connectivity index (χ0n) is 8.61. The normalized spacial score (nSPS) is 31.0. The van der Waals surface area contributed by atoms with E-state index in [-0.39, 0.29) is 12.5 Å². The Labute approximate surface area is 84.8 Å². The number of aliphatic hydroxyl groups excluding tert-OH is 1. The van der Waals surface area contributed by atoms with E-state index >= 15 is 0 Å². The van der Waals surface area contributed by atoms with Crippen LogP contribution >= 0.6 is 0 Å². The third kappa shape index (κ3) is 2.95. The van der Waals surface area contributed by atoms with Crippen molar-refractivity contribution < 1.29 is 10.2 Å². The van der Waals surface area contributed by atoms with Crippen molar-refractivity contribution in [3.8, 4) is 6.07 Å². The summed E-state index contributed by atoms with van der Waals surface area (Å²) >= 11 is 0. The molecule has 0 spiro atoms. The van der Waals surface area contributed by atoms with Gasteiger partial charge in [0.15, 0.2) is 0 Å². The van der Waals surface area contributed by atoms with E-state index in [2.05, 4.69) is 6.07 Å². The molecule has 14 heavy (non-hydrogen) atoms. The summed E-state index contributed by atoms with van der Waals surface area (Å²) in [5, 5.41) is 27.5. The van der Waals surface area contributed by atoms with Crippen LogP contribution in [-0.4, -0.2) is 47.0 Å². The third-order valence-corrected chi connectivity index (χ3v) is 2.68. The lowest BCUT2D eigenvalue weighted by atomic mass is 9.93. The molecule has 0 saturated carbocycles. The average Bonchev–Trinajstić information content (AvgIpc) is 2.18. The van der Waals surface area contributed by atoms with Gasteiger partial charge in [0.2, 0.25) is 0 Å². The molecule has 4 nitrogen and oxygen atoms in total. The van der Waals surface area contributed by atoms with Crippen LogP contribution in [0.2, 0.25) is 0 Å². The van der Waals surface area contributed by atoms with Crippen molar-refractivity contribution in [3.63, 3.8) is 0 Å². The Morgan fingerprint density at radius 3 is 2.93 bits per heavy atom. The average molecular weight is 198 g/mol. The first-order valence-corrected chi connectivity index (χ1v) is 5.05. The first kappa shape index (κ1) is 11.4. The van der Waals surface area contributed by atoms with E-state index < -0.39 is 5.60 Å². The van der Waals surface area contributed by atoms with E-state index in [1.165, 1.54) is 0 Å². The van der Waals surface area contributed by atoms with Gasteiger partial charge in [-0.05, 0) is 26.3 Å². The summed E-state index contributed by atoms with van der Waals surface area (Å²) in [5.41, 5.74) is -0.951. The minimum atomic E-state index is -0.951. The topological polar surface area (TPSA) is 67.5 Å². The summed E-state index contributed by atoms with van der Waals surface area (Å²) < 4.78 is 0. The zero-order valence-corrected chi connectivity index (χ0v) is 8.61. The van der Waals surface area contributed by atoms with Crippen molar-refractivity contribution in [2.75, 3.05) is 26.2 Å². The number of nitrogens with zero attached hydrogens (tertiary/aromatic N) is 2. The standard InChI is InChI=1S/C10H18N2O2/c1-9(5-11)6-12-4-2-3-10(14,7-12)8-13/h9,13-14H,2-4,6-8H2,1H3. The van der Waals surface area contributed by atoms with Gasteiger partial charge in [0.1, 0.15) is 5.60 Å². The number of nitriles is 1. The molecule has 1 aliphatic heterocycles. The van der Waals surface area contributed by atoms with Gasteiger partial charge in [-0.2, -0.15) is 5.26 Å². The van der Waals surface area contributed by atoms with Crippen molar-refractivity contribution in [1.29, 1.82) is 5.26 Å². The van der Waals surface area contributed by atoms with E-state index in [9.17, 15) is 5.11 Å². The van der Waals surface area contributed by atoms with Gasteiger partial charge in [-0.1, -0.05) is 0 Å². The van der Waals surface area contributed by atoms with Gasteiger partial charge < -0.3 is 10.2 Å². The number of rotatable bonds is 3. The van der Waals surface area contributed by atoms with Gasteiger partial charge in [0.25, 0.3) is 0 Å². The molecule has 0 aromatic heterocycles. The molecule has 2 N–H and O–H groups in total. The highest BCUT2D eigenvalue weighted by Crippen LogP contribution is 2.20. The van der Waals surface area contributed by atoms with Gasteiger partial charge in [0, 0.05) is 13.1 Å². The predicted molar refractivity (Wildman–Crippen MR) is 52.5 cm³/mol. The van der Waals surface area contributed by atoms with Crippen LogP contribution in [0.25, 0.3) is 0 Å². The molecule has 0 radical (unpaired) electrons. The lowest BCUT2D eigenvalue weighted by Crippen LogP contribution is -2.51. The Hall–Kier alpha value is -0.630. The smallest absolute Gasteiger partial charge is 0.100 e. The van der Waals surface area contributed by atoms with Crippen molar-refractivity contribution in [2.45, 2.75) is 25.4 Å². The van der Waals surface area contributed by atoms with E-state index in [1.54, 1.807) is 0 Å². The van der Waals surface area contributed by atoms with Crippen LogP contribution in [0.3, 0.4) is 0 Å². The molecule has 2 atom stereocenters. The fourth-order valence-electron chi connectivity index (χ4n) is 1.92. The van der Waals surface area contributed by atoms with Crippen LogP contribution in [0.15, 0.2) is 0 Å². The number of piperidine rings is 1. The Morgan fingerprint density at radius 1 is 1.64 bits per heavy atom. The molecular weight excluding hydrogens is 180 g/mol. The van der Waals surface area contributed by atoms with Crippen LogP contribution in [0.5, 0.6) is 0 Å². The SMILES string of the molecule is CC(C#N)CN1CCCC(O)(CO)C1. The summed E-state index contributed by atoms with van der Waals surface area (Å²) in [6.45, 7) is 3.75. The van der Waals surface area contributed by atoms with E-state index in [0.717, 1.165) is 13.0 Å². The Bertz CT molecular complexity index is 227. The summed E-state index contributed by atoms with van der Waals surface area (Å²) in [4.78, 5) is 2.05. The largest absolute Gasteiger partial charge is 0.393 e. The monoisotopic (exact) mass is 198 g/mol. The Morgan fingerprint density at radius 2 is 2.36 bits per heavy atom. The molecule has 4 heteroatoms. The van der Waals surface area contributed by atoms with Crippen molar-refractivity contribution in [2.24, 2.45) is 5.92 Å². The predicted octanol–water partition coefficient (Wildman–Crippen LogP) is -0.0347. The molecule has 1 saturated heterocycles. The van der Waals surface area contributed by atoms with E-state index in [1.807, 2.05) is 11.8 Å². The maximum absolute atomic E-state index is 9.86. The summed E-state index contributed by atoms with van der Waals surface area (Å²) in [7, 11) is 0. The lowest BCUT2D eigenvalue weighted by molar-refractivity contribution is -0.0680. The molecule has 0 aliphatic carbocycles. The van der Waals surface area contributed by atoms with Gasteiger partial charge >= 0.3 is 0 Å². The van der Waals surface area contributed by atoms with Crippen LogP contribution < -0.4 is 0 Å². The summed E-state index contributed by atoms with van der Waals surface area (Å²) in [5.74, 6) is -0.0176. The molecule has 0 aromatic rings. The van der Waals surface area contributed by atoms with Crippen molar-refractivity contribution in [3.05, 3.63) is 0 Å². The molecule has 1 fully saturated rings. The quantitative estimate of drug-likeness (QED) is 0.668. The first-order valence-electron chi connectivity index (χ1n) is 5.05. The maximum atomic E-state index is 9.86. The number of likely N-dealkylation sites (tertiary alicyclic amines) is 1. The molecule has 1 rings (SSSR count). The molecular formula is C10H18N2O2. The van der Waals surface area contributed by atoms with E-state index in [4.69, 9.17) is 10.4 Å². The molecule has 2 unspecified atom stereocenters. The number of aliphatic hydroxyl groups is 2. The molecule has 1 aliphatic rings. The fourth-order valence-corrected chi connectivity index (χ4v) is 1.92. The van der Waals surface area contributed by atoms with E-state index in [0.29, 0.717) is 19.5 Å². The number of β-amino-alcohol motifs (C(OH)–C–C–N with tert-alkyl or cyclic N) is 1.